The van der Waals surface area contributed by atoms with Gasteiger partial charge in [-0.3, -0.25) is 0 Å². The first kappa shape index (κ1) is 15.6. The number of rotatable bonds is 5. The lowest BCUT2D eigenvalue weighted by molar-refractivity contribution is 0.589. The zero-order valence-corrected chi connectivity index (χ0v) is 13.6. The van der Waals surface area contributed by atoms with Gasteiger partial charge in [0.1, 0.15) is 5.82 Å². The standard InChI is InChI=1S/C13H16Cl2N2O2S/c1-3-20(18,19)7-6-17-12-5-4-10(15)8-11(12)16-13(17)9(2)14/h4-5,8-9H,3,6-7H2,1-2H3. The molecule has 0 aliphatic heterocycles. The van der Waals surface area contributed by atoms with E-state index in [4.69, 9.17) is 23.2 Å². The molecule has 0 aliphatic rings. The van der Waals surface area contributed by atoms with E-state index in [9.17, 15) is 8.42 Å². The predicted octanol–water partition coefficient (Wildman–Crippen LogP) is 3.42. The summed E-state index contributed by atoms with van der Waals surface area (Å²) in [6.07, 6.45) is 0. The molecule has 2 rings (SSSR count). The Bertz CT molecular complexity index is 723. The fourth-order valence-corrected chi connectivity index (χ4v) is 3.12. The molecule has 2 aromatic rings. The molecule has 0 fully saturated rings. The maximum atomic E-state index is 11.7. The van der Waals surface area contributed by atoms with Crippen molar-refractivity contribution in [1.29, 1.82) is 0 Å². The maximum Gasteiger partial charge on any atom is 0.151 e. The van der Waals surface area contributed by atoms with E-state index in [0.29, 0.717) is 17.4 Å². The minimum absolute atomic E-state index is 0.0776. The number of benzene rings is 1. The number of sulfone groups is 1. The van der Waals surface area contributed by atoms with E-state index >= 15 is 0 Å². The number of alkyl halides is 1. The Morgan fingerprint density at radius 3 is 2.70 bits per heavy atom. The minimum Gasteiger partial charge on any atom is -0.326 e. The number of halogens is 2. The number of imidazole rings is 1. The van der Waals surface area contributed by atoms with Gasteiger partial charge >= 0.3 is 0 Å². The molecule has 0 aliphatic carbocycles. The zero-order valence-electron chi connectivity index (χ0n) is 11.3. The third-order valence-electron chi connectivity index (χ3n) is 3.16. The lowest BCUT2D eigenvalue weighted by Crippen LogP contribution is -2.16. The van der Waals surface area contributed by atoms with Crippen molar-refractivity contribution in [2.45, 2.75) is 25.8 Å². The van der Waals surface area contributed by atoms with Crippen LogP contribution in [0.2, 0.25) is 5.02 Å². The Labute approximate surface area is 128 Å². The van der Waals surface area contributed by atoms with E-state index in [1.165, 1.54) is 0 Å². The number of aromatic nitrogens is 2. The molecule has 0 amide bonds. The fourth-order valence-electron chi connectivity index (χ4n) is 2.03. The highest BCUT2D eigenvalue weighted by Crippen LogP contribution is 2.26. The molecule has 1 aromatic heterocycles. The molecule has 0 N–H and O–H groups in total. The van der Waals surface area contributed by atoms with Gasteiger partial charge in [-0.25, -0.2) is 13.4 Å². The number of hydrogen-bond acceptors (Lipinski definition) is 3. The molecule has 0 saturated heterocycles. The average Bonchev–Trinajstić information content (AvgIpc) is 2.74. The zero-order chi connectivity index (χ0) is 14.9. The van der Waals surface area contributed by atoms with Gasteiger partial charge in [0.15, 0.2) is 9.84 Å². The number of nitrogens with zero attached hydrogens (tertiary/aromatic N) is 2. The van der Waals surface area contributed by atoms with Crippen LogP contribution in [0.3, 0.4) is 0 Å². The van der Waals surface area contributed by atoms with Crippen LogP contribution in [0.25, 0.3) is 11.0 Å². The summed E-state index contributed by atoms with van der Waals surface area (Å²) in [7, 11) is -3.03. The molecule has 20 heavy (non-hydrogen) atoms. The van der Waals surface area contributed by atoms with Crippen molar-refractivity contribution in [2.75, 3.05) is 11.5 Å². The highest BCUT2D eigenvalue weighted by molar-refractivity contribution is 7.91. The summed E-state index contributed by atoms with van der Waals surface area (Å²) in [5, 5.41) is 0.294. The molecule has 1 heterocycles. The molecule has 1 atom stereocenters. The molecule has 7 heteroatoms. The molecule has 1 unspecified atom stereocenters. The van der Waals surface area contributed by atoms with Crippen LogP contribution >= 0.6 is 23.2 Å². The van der Waals surface area contributed by atoms with E-state index in [2.05, 4.69) is 4.98 Å². The van der Waals surface area contributed by atoms with Crippen molar-refractivity contribution in [2.24, 2.45) is 0 Å². The third-order valence-corrected chi connectivity index (χ3v) is 5.28. The van der Waals surface area contributed by atoms with E-state index in [0.717, 1.165) is 11.0 Å². The largest absolute Gasteiger partial charge is 0.326 e. The van der Waals surface area contributed by atoms with Gasteiger partial charge in [-0.1, -0.05) is 18.5 Å². The van der Waals surface area contributed by atoms with Crippen LogP contribution in [0.1, 0.15) is 25.0 Å². The summed E-state index contributed by atoms with van der Waals surface area (Å²) in [5.41, 5.74) is 1.58. The Balaban J connectivity index is 2.46. The van der Waals surface area contributed by atoms with Crippen LogP contribution in [0, 0.1) is 0 Å². The van der Waals surface area contributed by atoms with Gasteiger partial charge in [-0.05, 0) is 25.1 Å². The van der Waals surface area contributed by atoms with Gasteiger partial charge in [-0.15, -0.1) is 11.6 Å². The number of hydrogen-bond donors (Lipinski definition) is 0. The van der Waals surface area contributed by atoms with Crippen LogP contribution in [0.5, 0.6) is 0 Å². The highest BCUT2D eigenvalue weighted by Gasteiger charge is 2.17. The first-order valence-electron chi connectivity index (χ1n) is 6.34. The number of aryl methyl sites for hydroxylation is 1. The van der Waals surface area contributed by atoms with Crippen molar-refractivity contribution >= 4 is 44.1 Å². The van der Waals surface area contributed by atoms with Crippen molar-refractivity contribution in [3.05, 3.63) is 29.0 Å². The first-order chi connectivity index (χ1) is 9.34. The third kappa shape index (κ3) is 3.27. The number of fused-ring (bicyclic) bond motifs is 1. The van der Waals surface area contributed by atoms with Crippen molar-refractivity contribution in [3.8, 4) is 0 Å². The van der Waals surface area contributed by atoms with Gasteiger partial charge in [0, 0.05) is 17.3 Å². The Kier molecular flexibility index (Phi) is 4.62. The van der Waals surface area contributed by atoms with Gasteiger partial charge in [0.2, 0.25) is 0 Å². The second kappa shape index (κ2) is 5.92. The fraction of sp³-hybridized carbons (Fsp3) is 0.462. The lowest BCUT2D eigenvalue weighted by atomic mass is 10.3. The van der Waals surface area contributed by atoms with Crippen LogP contribution in [0.4, 0.5) is 0 Å². The molecule has 0 radical (unpaired) electrons. The van der Waals surface area contributed by atoms with Crippen molar-refractivity contribution in [3.63, 3.8) is 0 Å². The molecular formula is C13H16Cl2N2O2S. The molecule has 0 saturated carbocycles. The highest BCUT2D eigenvalue weighted by atomic mass is 35.5. The summed E-state index contributed by atoms with van der Waals surface area (Å²) in [6, 6.07) is 5.36. The Morgan fingerprint density at radius 1 is 1.40 bits per heavy atom. The summed E-state index contributed by atoms with van der Waals surface area (Å²) in [6.45, 7) is 3.81. The summed E-state index contributed by atoms with van der Waals surface area (Å²) >= 11 is 12.1. The molecule has 110 valence electrons. The van der Waals surface area contributed by atoms with Gasteiger partial charge in [0.05, 0.1) is 22.2 Å². The normalized spacial score (nSPS) is 13.8. The summed E-state index contributed by atoms with van der Waals surface area (Å²) in [5.74, 6) is 0.876. The van der Waals surface area contributed by atoms with Gasteiger partial charge in [-0.2, -0.15) is 0 Å². The maximum absolute atomic E-state index is 11.7. The summed E-state index contributed by atoms with van der Waals surface area (Å²) < 4.78 is 25.2. The van der Waals surface area contributed by atoms with E-state index < -0.39 is 9.84 Å². The predicted molar refractivity (Wildman–Crippen MR) is 83.3 cm³/mol. The van der Waals surface area contributed by atoms with Gasteiger partial charge in [0.25, 0.3) is 0 Å². The average molecular weight is 335 g/mol. The van der Waals surface area contributed by atoms with Crippen molar-refractivity contribution < 1.29 is 8.42 Å². The molecule has 1 aromatic carbocycles. The van der Waals surface area contributed by atoms with Gasteiger partial charge < -0.3 is 4.57 Å². The summed E-state index contributed by atoms with van der Waals surface area (Å²) in [4.78, 5) is 4.45. The Morgan fingerprint density at radius 2 is 2.10 bits per heavy atom. The molecule has 4 nitrogen and oxygen atoms in total. The van der Waals surface area contributed by atoms with E-state index in [-0.39, 0.29) is 16.9 Å². The molecule has 0 spiro atoms. The van der Waals surface area contributed by atoms with Crippen LogP contribution in [-0.2, 0) is 16.4 Å². The SMILES string of the molecule is CCS(=O)(=O)CCn1c(C(C)Cl)nc2cc(Cl)ccc21. The lowest BCUT2D eigenvalue weighted by Gasteiger charge is -2.10. The second-order valence-corrected chi connectivity index (χ2v) is 8.17. The van der Waals surface area contributed by atoms with E-state index in [1.807, 2.05) is 17.6 Å². The van der Waals surface area contributed by atoms with Crippen LogP contribution in [-0.4, -0.2) is 29.5 Å². The smallest absolute Gasteiger partial charge is 0.151 e. The minimum atomic E-state index is -3.03. The molecular weight excluding hydrogens is 319 g/mol. The monoisotopic (exact) mass is 334 g/mol. The van der Waals surface area contributed by atoms with Crippen molar-refractivity contribution in [1.82, 2.24) is 9.55 Å². The van der Waals surface area contributed by atoms with Crippen LogP contribution in [0.15, 0.2) is 18.2 Å². The molecule has 0 bridgehead atoms. The first-order valence-corrected chi connectivity index (χ1v) is 8.98. The quantitative estimate of drug-likeness (QED) is 0.787. The second-order valence-electron chi connectivity index (χ2n) is 4.61. The Hall–Kier alpha value is -0.780. The van der Waals surface area contributed by atoms with Crippen LogP contribution < -0.4 is 0 Å². The van der Waals surface area contributed by atoms with E-state index in [1.54, 1.807) is 19.1 Å². The topological polar surface area (TPSA) is 52.0 Å².